The predicted molar refractivity (Wildman–Crippen MR) is 99.9 cm³/mol. The molecule has 1 N–H and O–H groups in total. The smallest absolute Gasteiger partial charge is 0.133 e. The van der Waals surface area contributed by atoms with E-state index in [1.807, 2.05) is 10.7 Å². The SMILES string of the molecule is Cc1ccc(-n2nc(-c3cccc(F)c3)c3c2NCCCC3)cc1C. The summed E-state index contributed by atoms with van der Waals surface area (Å²) in [7, 11) is 0. The lowest BCUT2D eigenvalue weighted by atomic mass is 10.0. The second kappa shape index (κ2) is 6.36. The van der Waals surface area contributed by atoms with E-state index in [9.17, 15) is 4.39 Å². The molecule has 4 rings (SSSR count). The van der Waals surface area contributed by atoms with Crippen molar-refractivity contribution in [1.82, 2.24) is 9.78 Å². The molecule has 3 aromatic rings. The first-order valence-electron chi connectivity index (χ1n) is 8.83. The summed E-state index contributed by atoms with van der Waals surface area (Å²) in [6, 6.07) is 13.1. The van der Waals surface area contributed by atoms with E-state index in [-0.39, 0.29) is 5.82 Å². The summed E-state index contributed by atoms with van der Waals surface area (Å²) in [5.74, 6) is 0.813. The van der Waals surface area contributed by atoms with Crippen molar-refractivity contribution < 1.29 is 4.39 Å². The molecule has 0 fully saturated rings. The largest absolute Gasteiger partial charge is 0.370 e. The zero-order valence-corrected chi connectivity index (χ0v) is 14.6. The van der Waals surface area contributed by atoms with Crippen LogP contribution < -0.4 is 5.32 Å². The zero-order valence-electron chi connectivity index (χ0n) is 14.6. The molecule has 0 bridgehead atoms. The third-order valence-corrected chi connectivity index (χ3v) is 4.96. The Kier molecular flexibility index (Phi) is 4.04. The van der Waals surface area contributed by atoms with Gasteiger partial charge in [0.15, 0.2) is 0 Å². The molecule has 3 nitrogen and oxygen atoms in total. The van der Waals surface area contributed by atoms with Crippen LogP contribution in [-0.4, -0.2) is 16.3 Å². The van der Waals surface area contributed by atoms with Crippen molar-refractivity contribution in [3.8, 4) is 16.9 Å². The van der Waals surface area contributed by atoms with E-state index >= 15 is 0 Å². The molecule has 0 atom stereocenters. The summed E-state index contributed by atoms with van der Waals surface area (Å²) in [6.07, 6.45) is 3.20. The number of fused-ring (bicyclic) bond motifs is 1. The Hall–Kier alpha value is -2.62. The Morgan fingerprint density at radius 3 is 2.72 bits per heavy atom. The van der Waals surface area contributed by atoms with Gasteiger partial charge in [-0.15, -0.1) is 0 Å². The molecule has 0 saturated carbocycles. The third-order valence-electron chi connectivity index (χ3n) is 4.96. The molecule has 0 spiro atoms. The van der Waals surface area contributed by atoms with E-state index in [0.717, 1.165) is 48.6 Å². The lowest BCUT2D eigenvalue weighted by molar-refractivity contribution is 0.628. The molecule has 1 aliphatic rings. The fourth-order valence-corrected chi connectivity index (χ4v) is 3.41. The second-order valence-corrected chi connectivity index (χ2v) is 6.75. The topological polar surface area (TPSA) is 29.9 Å². The molecule has 4 heteroatoms. The molecule has 0 saturated heterocycles. The van der Waals surface area contributed by atoms with Gasteiger partial charge in [0.2, 0.25) is 0 Å². The van der Waals surface area contributed by atoms with Crippen molar-refractivity contribution in [2.24, 2.45) is 0 Å². The normalized spacial score (nSPS) is 13.9. The van der Waals surface area contributed by atoms with Crippen LogP contribution in [0, 0.1) is 19.7 Å². The van der Waals surface area contributed by atoms with Gasteiger partial charge in [-0.3, -0.25) is 0 Å². The number of hydrogen-bond acceptors (Lipinski definition) is 2. The van der Waals surface area contributed by atoms with Crippen molar-refractivity contribution in [1.29, 1.82) is 0 Å². The Morgan fingerprint density at radius 2 is 1.92 bits per heavy atom. The highest BCUT2D eigenvalue weighted by molar-refractivity contribution is 5.71. The Balaban J connectivity index is 1.91. The lowest BCUT2D eigenvalue weighted by Gasteiger charge is -2.10. The molecule has 2 heterocycles. The first-order chi connectivity index (χ1) is 12.1. The molecule has 1 aromatic heterocycles. The van der Waals surface area contributed by atoms with Crippen LogP contribution in [0.4, 0.5) is 10.2 Å². The van der Waals surface area contributed by atoms with Gasteiger partial charge in [-0.05, 0) is 68.5 Å². The predicted octanol–water partition coefficient (Wildman–Crippen LogP) is 5.04. The van der Waals surface area contributed by atoms with Gasteiger partial charge in [0.1, 0.15) is 11.6 Å². The van der Waals surface area contributed by atoms with Gasteiger partial charge in [0, 0.05) is 17.7 Å². The zero-order chi connectivity index (χ0) is 17.4. The maximum atomic E-state index is 13.7. The Morgan fingerprint density at radius 1 is 1.04 bits per heavy atom. The van der Waals surface area contributed by atoms with Crippen molar-refractivity contribution in [3.63, 3.8) is 0 Å². The Bertz CT molecular complexity index is 927. The summed E-state index contributed by atoms with van der Waals surface area (Å²) in [4.78, 5) is 0. The first kappa shape index (κ1) is 15.9. The van der Waals surface area contributed by atoms with Crippen LogP contribution in [0.1, 0.15) is 29.5 Å². The van der Waals surface area contributed by atoms with Gasteiger partial charge >= 0.3 is 0 Å². The Labute approximate surface area is 147 Å². The van der Waals surface area contributed by atoms with Gasteiger partial charge in [0.25, 0.3) is 0 Å². The van der Waals surface area contributed by atoms with Crippen LogP contribution in [0.3, 0.4) is 0 Å². The second-order valence-electron chi connectivity index (χ2n) is 6.75. The maximum Gasteiger partial charge on any atom is 0.133 e. The molecule has 0 unspecified atom stereocenters. The highest BCUT2D eigenvalue weighted by atomic mass is 19.1. The summed E-state index contributed by atoms with van der Waals surface area (Å²) in [5.41, 5.74) is 6.44. The van der Waals surface area contributed by atoms with E-state index in [1.54, 1.807) is 12.1 Å². The number of hydrogen-bond donors (Lipinski definition) is 1. The third kappa shape index (κ3) is 2.93. The molecule has 2 aromatic carbocycles. The van der Waals surface area contributed by atoms with Crippen LogP contribution in [-0.2, 0) is 6.42 Å². The van der Waals surface area contributed by atoms with Crippen molar-refractivity contribution in [2.75, 3.05) is 11.9 Å². The molecule has 0 aliphatic carbocycles. The number of nitrogens with zero attached hydrogens (tertiary/aromatic N) is 2. The van der Waals surface area contributed by atoms with Gasteiger partial charge in [-0.2, -0.15) is 5.10 Å². The highest BCUT2D eigenvalue weighted by Crippen LogP contribution is 2.34. The minimum absolute atomic E-state index is 0.228. The number of nitrogens with one attached hydrogen (secondary N) is 1. The van der Waals surface area contributed by atoms with Crippen molar-refractivity contribution in [2.45, 2.75) is 33.1 Å². The number of anilines is 1. The van der Waals surface area contributed by atoms with Crippen LogP contribution in [0.15, 0.2) is 42.5 Å². The molecule has 25 heavy (non-hydrogen) atoms. The molecule has 0 radical (unpaired) electrons. The lowest BCUT2D eigenvalue weighted by Crippen LogP contribution is -2.07. The minimum Gasteiger partial charge on any atom is -0.370 e. The van der Waals surface area contributed by atoms with Crippen LogP contribution in [0.25, 0.3) is 16.9 Å². The molecule has 1 aliphatic heterocycles. The average Bonchev–Trinajstić information content (AvgIpc) is 2.79. The van der Waals surface area contributed by atoms with E-state index in [0.29, 0.717) is 0 Å². The number of aromatic nitrogens is 2. The first-order valence-corrected chi connectivity index (χ1v) is 8.83. The van der Waals surface area contributed by atoms with E-state index < -0.39 is 0 Å². The van der Waals surface area contributed by atoms with Gasteiger partial charge in [-0.1, -0.05) is 18.2 Å². The van der Waals surface area contributed by atoms with Gasteiger partial charge < -0.3 is 5.32 Å². The summed E-state index contributed by atoms with van der Waals surface area (Å²) < 4.78 is 15.7. The molecular formula is C21H22FN3. The number of rotatable bonds is 2. The van der Waals surface area contributed by atoms with Crippen molar-refractivity contribution >= 4 is 5.82 Å². The monoisotopic (exact) mass is 335 g/mol. The quantitative estimate of drug-likeness (QED) is 0.711. The minimum atomic E-state index is -0.228. The van der Waals surface area contributed by atoms with Gasteiger partial charge in [0.05, 0.1) is 11.4 Å². The van der Waals surface area contributed by atoms with E-state index in [1.165, 1.54) is 22.8 Å². The van der Waals surface area contributed by atoms with Crippen LogP contribution >= 0.6 is 0 Å². The maximum absolute atomic E-state index is 13.7. The van der Waals surface area contributed by atoms with E-state index in [2.05, 4.69) is 37.4 Å². The van der Waals surface area contributed by atoms with Gasteiger partial charge in [-0.25, -0.2) is 9.07 Å². The number of benzene rings is 2. The fraction of sp³-hybridized carbons (Fsp3) is 0.286. The fourth-order valence-electron chi connectivity index (χ4n) is 3.41. The molecule has 0 amide bonds. The van der Waals surface area contributed by atoms with E-state index in [4.69, 9.17) is 5.10 Å². The summed E-state index contributed by atoms with van der Waals surface area (Å²) in [6.45, 7) is 5.16. The molecular weight excluding hydrogens is 313 g/mol. The average molecular weight is 335 g/mol. The highest BCUT2D eigenvalue weighted by Gasteiger charge is 2.22. The summed E-state index contributed by atoms with van der Waals surface area (Å²) >= 11 is 0. The number of aryl methyl sites for hydroxylation is 2. The van der Waals surface area contributed by atoms with Crippen LogP contribution in [0.5, 0.6) is 0 Å². The molecule has 128 valence electrons. The van der Waals surface area contributed by atoms with Crippen LogP contribution in [0.2, 0.25) is 0 Å². The summed E-state index contributed by atoms with van der Waals surface area (Å²) in [5, 5.41) is 8.41. The standard InChI is InChI=1S/C21H22FN3/c1-14-9-10-18(12-15(14)2)25-21-19(8-3-4-11-23-21)20(24-25)16-6-5-7-17(22)13-16/h5-7,9-10,12-13,23H,3-4,8,11H2,1-2H3. The number of halogens is 1. The van der Waals surface area contributed by atoms with Crippen molar-refractivity contribution in [3.05, 3.63) is 65.0 Å².